The minimum atomic E-state index is -0.706. The number of amides is 2. The first-order valence-corrected chi connectivity index (χ1v) is 6.80. The van der Waals surface area contributed by atoms with Crippen LogP contribution in [0.15, 0.2) is 41.8 Å². The molecule has 0 unspecified atom stereocenters. The highest BCUT2D eigenvalue weighted by molar-refractivity contribution is 7.12. The van der Waals surface area contributed by atoms with Gasteiger partial charge in [0, 0.05) is 5.38 Å². The summed E-state index contributed by atoms with van der Waals surface area (Å²) >= 11 is 1.10. The highest BCUT2D eigenvalue weighted by Crippen LogP contribution is 2.18. The van der Waals surface area contributed by atoms with Gasteiger partial charge in [0.25, 0.3) is 5.91 Å². The number of nitrogens with two attached hydrogens (primary N) is 1. The van der Waals surface area contributed by atoms with Crippen molar-refractivity contribution in [3.05, 3.63) is 57.8 Å². The minimum Gasteiger partial charge on any atom is -0.366 e. The van der Waals surface area contributed by atoms with Crippen LogP contribution in [0.5, 0.6) is 0 Å². The number of primary amides is 1. The summed E-state index contributed by atoms with van der Waals surface area (Å²) in [4.78, 5) is 23.3. The molecule has 2 aromatic rings. The Labute approximate surface area is 119 Å². The van der Waals surface area contributed by atoms with Crippen molar-refractivity contribution in [2.24, 2.45) is 5.73 Å². The van der Waals surface area contributed by atoms with Gasteiger partial charge in [-0.15, -0.1) is 11.3 Å². The molecule has 2 rings (SSSR count). The van der Waals surface area contributed by atoms with Crippen molar-refractivity contribution in [3.63, 3.8) is 0 Å². The molecule has 3 N–H and O–H groups in total. The molecular weight excluding hydrogens is 279 g/mol. The third-order valence-electron chi connectivity index (χ3n) is 2.77. The van der Waals surface area contributed by atoms with E-state index in [0.717, 1.165) is 11.3 Å². The van der Waals surface area contributed by atoms with E-state index in [-0.39, 0.29) is 5.56 Å². The van der Waals surface area contributed by atoms with Crippen LogP contribution in [0.3, 0.4) is 0 Å². The summed E-state index contributed by atoms with van der Waals surface area (Å²) in [5.74, 6) is -1.01. The molecule has 104 valence electrons. The fraction of sp³-hybridized carbons (Fsp3) is 0.143. The lowest BCUT2D eigenvalue weighted by molar-refractivity contribution is 0.0934. The van der Waals surface area contributed by atoms with Gasteiger partial charge in [-0.2, -0.15) is 0 Å². The van der Waals surface area contributed by atoms with Gasteiger partial charge in [0.05, 0.1) is 16.5 Å². The van der Waals surface area contributed by atoms with E-state index in [2.05, 4.69) is 5.32 Å². The average Bonchev–Trinajstić information content (AvgIpc) is 2.95. The van der Waals surface area contributed by atoms with Crippen LogP contribution in [0.2, 0.25) is 0 Å². The number of carbonyl (C=O) groups excluding carboxylic acids is 2. The van der Waals surface area contributed by atoms with Crippen molar-refractivity contribution in [3.8, 4) is 0 Å². The van der Waals surface area contributed by atoms with E-state index in [9.17, 15) is 14.0 Å². The summed E-state index contributed by atoms with van der Waals surface area (Å²) in [6, 6.07) is 9.56. The Balaban J connectivity index is 2.11. The fourth-order valence-electron chi connectivity index (χ4n) is 1.71. The molecule has 4 nitrogen and oxygen atoms in total. The maximum absolute atomic E-state index is 13.1. The predicted octanol–water partition coefficient (Wildman–Crippen LogP) is 2.29. The van der Waals surface area contributed by atoms with Gasteiger partial charge in [-0.3, -0.25) is 9.59 Å². The molecule has 0 saturated heterocycles. The first kappa shape index (κ1) is 14.2. The second-order valence-corrected chi connectivity index (χ2v) is 5.07. The first-order valence-electron chi connectivity index (χ1n) is 5.92. The van der Waals surface area contributed by atoms with E-state index < -0.39 is 24.5 Å². The largest absolute Gasteiger partial charge is 0.366 e. The Morgan fingerprint density at radius 1 is 1.30 bits per heavy atom. The predicted molar refractivity (Wildman–Crippen MR) is 75.5 cm³/mol. The van der Waals surface area contributed by atoms with Crippen LogP contribution < -0.4 is 11.1 Å². The number of rotatable bonds is 5. The van der Waals surface area contributed by atoms with E-state index in [4.69, 9.17) is 5.73 Å². The van der Waals surface area contributed by atoms with Crippen LogP contribution >= 0.6 is 11.3 Å². The molecule has 1 aromatic carbocycles. The molecule has 1 heterocycles. The highest BCUT2D eigenvalue weighted by Gasteiger charge is 2.17. The molecule has 0 radical (unpaired) electrons. The van der Waals surface area contributed by atoms with Crippen LogP contribution in [-0.2, 0) is 0 Å². The number of hydrogen-bond donors (Lipinski definition) is 2. The van der Waals surface area contributed by atoms with E-state index in [1.807, 2.05) is 6.07 Å². The van der Waals surface area contributed by atoms with Gasteiger partial charge >= 0.3 is 0 Å². The number of nitrogens with one attached hydrogen (secondary N) is 1. The summed E-state index contributed by atoms with van der Waals surface area (Å²) in [6.07, 6.45) is 0. The average molecular weight is 292 g/mol. The summed E-state index contributed by atoms with van der Waals surface area (Å²) in [5, 5.41) is 4.10. The minimum absolute atomic E-state index is 0.275. The van der Waals surface area contributed by atoms with Crippen LogP contribution in [-0.4, -0.2) is 18.5 Å². The van der Waals surface area contributed by atoms with Crippen LogP contribution in [0.25, 0.3) is 0 Å². The van der Waals surface area contributed by atoms with E-state index >= 15 is 0 Å². The normalized spacial score (nSPS) is 11.8. The van der Waals surface area contributed by atoms with Crippen molar-refractivity contribution >= 4 is 23.2 Å². The molecular formula is C14H13FN2O2S. The number of halogens is 1. The molecule has 0 bridgehead atoms. The quantitative estimate of drug-likeness (QED) is 0.887. The standard InChI is InChI=1S/C14H13FN2O2S/c15-7-11(9-4-2-1-3-5-9)17-14(19)12-6-10(8-20-12)13(16)18/h1-6,8,11H,7H2,(H2,16,18)(H,17,19)/t11-/m1/s1. The van der Waals surface area contributed by atoms with Gasteiger partial charge in [-0.25, -0.2) is 4.39 Å². The molecule has 2 amide bonds. The summed E-state index contributed by atoms with van der Waals surface area (Å²) < 4.78 is 13.1. The molecule has 0 aliphatic carbocycles. The Morgan fingerprint density at radius 2 is 2.00 bits per heavy atom. The maximum Gasteiger partial charge on any atom is 0.261 e. The zero-order chi connectivity index (χ0) is 14.5. The molecule has 1 atom stereocenters. The van der Waals surface area contributed by atoms with Gasteiger partial charge < -0.3 is 11.1 Å². The van der Waals surface area contributed by atoms with Crippen LogP contribution in [0, 0.1) is 0 Å². The molecule has 0 fully saturated rings. The molecule has 0 aliphatic rings. The summed E-state index contributed by atoms with van der Waals surface area (Å²) in [7, 11) is 0. The summed E-state index contributed by atoms with van der Waals surface area (Å²) in [6.45, 7) is -0.705. The SMILES string of the molecule is NC(=O)c1csc(C(=O)N[C@H](CF)c2ccccc2)c1. The molecule has 6 heteroatoms. The maximum atomic E-state index is 13.1. The second-order valence-electron chi connectivity index (χ2n) is 4.15. The van der Waals surface area contributed by atoms with Crippen molar-refractivity contribution in [2.75, 3.05) is 6.67 Å². The monoisotopic (exact) mass is 292 g/mol. The molecule has 0 saturated carbocycles. The molecule has 20 heavy (non-hydrogen) atoms. The van der Waals surface area contributed by atoms with E-state index in [1.54, 1.807) is 24.3 Å². The van der Waals surface area contributed by atoms with Crippen LogP contribution in [0.1, 0.15) is 31.6 Å². The van der Waals surface area contributed by atoms with Crippen LogP contribution in [0.4, 0.5) is 4.39 Å². The van der Waals surface area contributed by atoms with E-state index in [0.29, 0.717) is 10.4 Å². The topological polar surface area (TPSA) is 72.2 Å². The van der Waals surface area contributed by atoms with Crippen molar-refractivity contribution in [1.29, 1.82) is 0 Å². The summed E-state index contributed by atoms with van der Waals surface area (Å²) in [5.41, 5.74) is 6.09. The third-order valence-corrected chi connectivity index (χ3v) is 3.70. The van der Waals surface area contributed by atoms with Gasteiger partial charge in [-0.05, 0) is 11.6 Å². The molecule has 1 aromatic heterocycles. The lowest BCUT2D eigenvalue weighted by atomic mass is 10.1. The van der Waals surface area contributed by atoms with Gasteiger partial charge in [-0.1, -0.05) is 30.3 Å². The second kappa shape index (κ2) is 6.29. The fourth-order valence-corrected chi connectivity index (χ4v) is 2.51. The number of thiophene rings is 1. The van der Waals surface area contributed by atoms with Gasteiger partial charge in [0.15, 0.2) is 0 Å². The Bertz CT molecular complexity index is 613. The number of benzene rings is 1. The van der Waals surface area contributed by atoms with E-state index in [1.165, 1.54) is 11.4 Å². The third kappa shape index (κ3) is 3.21. The number of carbonyl (C=O) groups is 2. The molecule has 0 aliphatic heterocycles. The van der Waals surface area contributed by atoms with Crippen molar-refractivity contribution in [2.45, 2.75) is 6.04 Å². The Kier molecular flexibility index (Phi) is 4.47. The number of alkyl halides is 1. The zero-order valence-electron chi connectivity index (χ0n) is 10.5. The van der Waals surface area contributed by atoms with Gasteiger partial charge in [0.2, 0.25) is 5.91 Å². The highest BCUT2D eigenvalue weighted by atomic mass is 32.1. The Hall–Kier alpha value is -2.21. The van der Waals surface area contributed by atoms with Crippen molar-refractivity contribution in [1.82, 2.24) is 5.32 Å². The zero-order valence-corrected chi connectivity index (χ0v) is 11.3. The lowest BCUT2D eigenvalue weighted by Gasteiger charge is -2.15. The molecule has 0 spiro atoms. The van der Waals surface area contributed by atoms with Crippen molar-refractivity contribution < 1.29 is 14.0 Å². The van der Waals surface area contributed by atoms with Gasteiger partial charge in [0.1, 0.15) is 6.67 Å². The Morgan fingerprint density at radius 3 is 2.55 bits per heavy atom. The number of hydrogen-bond acceptors (Lipinski definition) is 3. The smallest absolute Gasteiger partial charge is 0.261 e. The lowest BCUT2D eigenvalue weighted by Crippen LogP contribution is -2.29. The first-order chi connectivity index (χ1) is 9.61.